The minimum absolute atomic E-state index is 0. The van der Waals surface area contributed by atoms with Gasteiger partial charge in [-0.25, -0.2) is 0 Å². The summed E-state index contributed by atoms with van der Waals surface area (Å²) in [5.74, 6) is -21.4. The van der Waals surface area contributed by atoms with Crippen molar-refractivity contribution in [2.45, 2.75) is 91.4 Å². The average Bonchev–Trinajstić information content (AvgIpc) is 3.02. The van der Waals surface area contributed by atoms with Crippen molar-refractivity contribution < 1.29 is 187 Å². The third-order valence-electron chi connectivity index (χ3n) is 8.34. The Balaban J connectivity index is -0.000000157. The maximum Gasteiger partial charge on any atom is 3.00 e. The van der Waals surface area contributed by atoms with Crippen LogP contribution in [0, 0.1) is 0 Å². The maximum atomic E-state index is 10.7. The van der Waals surface area contributed by atoms with Crippen molar-refractivity contribution in [2.24, 2.45) is 34.4 Å². The number of hydrogen-bond donors (Lipinski definition) is 9. The first-order valence-corrected chi connectivity index (χ1v) is 16.6. The van der Waals surface area contributed by atoms with E-state index in [1.54, 1.807) is 0 Å². The molecule has 0 aromatic carbocycles. The zero-order valence-electron chi connectivity index (χ0n) is 33.7. The molecule has 33 nitrogen and oxygen atoms in total. The van der Waals surface area contributed by atoms with Gasteiger partial charge in [-0.05, 0) is 0 Å². The Morgan fingerprint density at radius 1 is 0.254 bits per heavy atom. The van der Waals surface area contributed by atoms with E-state index in [1.807, 2.05) is 16.0 Å². The van der Waals surface area contributed by atoms with E-state index in [0.29, 0.717) is 0 Å². The second-order valence-electron chi connectivity index (χ2n) is 13.5. The topological polar surface area (TPSA) is 674 Å². The van der Waals surface area contributed by atoms with Crippen LogP contribution in [0.5, 0.6) is 0 Å². The Hall–Kier alpha value is -4.64. The van der Waals surface area contributed by atoms with E-state index in [9.17, 15) is 119 Å². The van der Waals surface area contributed by atoms with Crippen molar-refractivity contribution in [3.05, 3.63) is 0 Å². The van der Waals surface area contributed by atoms with Gasteiger partial charge in [0.15, 0.2) is 0 Å². The van der Waals surface area contributed by atoms with Gasteiger partial charge in [-0.1, -0.05) is 0 Å². The van der Waals surface area contributed by atoms with Crippen LogP contribution < -0.4 is 112 Å². The van der Waals surface area contributed by atoms with Crippen LogP contribution in [0.15, 0.2) is 0 Å². The number of hydrogen-bond acceptors (Lipinski definition) is 33. The number of aliphatic carboxylic acids is 12. The Labute approximate surface area is 418 Å². The van der Waals surface area contributed by atoms with E-state index in [2.05, 4.69) is 0 Å². The van der Waals surface area contributed by atoms with Crippen LogP contribution in [0.4, 0.5) is 0 Å². The molecular formula is C30H39Fe4N9O24. The summed E-state index contributed by atoms with van der Waals surface area (Å²) in [4.78, 5) is 127. The number of carbonyl (C=O) groups is 12. The molecule has 0 amide bonds. The van der Waals surface area contributed by atoms with Gasteiger partial charge in [0.2, 0.25) is 0 Å². The molecule has 0 saturated heterocycles. The molecule has 0 aliphatic heterocycles. The number of nitrogens with two attached hydrogens (primary N) is 6. The van der Waals surface area contributed by atoms with Gasteiger partial charge < -0.3 is 153 Å². The van der Waals surface area contributed by atoms with Gasteiger partial charge in [0, 0.05) is 131 Å². The fourth-order valence-corrected chi connectivity index (χ4v) is 5.30. The molecule has 37 heteroatoms. The van der Waals surface area contributed by atoms with E-state index in [-0.39, 0.29) is 68.3 Å². The molecule has 380 valence electrons. The van der Waals surface area contributed by atoms with Crippen molar-refractivity contribution in [3.8, 4) is 0 Å². The molecule has 3 atom stereocenters. The Morgan fingerprint density at radius 3 is 0.463 bits per heavy atom. The summed E-state index contributed by atoms with van der Waals surface area (Å²) in [7, 11) is 0. The second kappa shape index (κ2) is 33.0. The largest absolute Gasteiger partial charge is 3.00 e. The van der Waals surface area contributed by atoms with Crippen LogP contribution in [0.3, 0.4) is 0 Å². The summed E-state index contributed by atoms with van der Waals surface area (Å²) in [6.07, 6.45) is -10.4. The van der Waals surface area contributed by atoms with E-state index in [4.69, 9.17) is 34.4 Å². The van der Waals surface area contributed by atoms with Crippen LogP contribution in [-0.2, 0) is 126 Å². The third-order valence-corrected chi connectivity index (χ3v) is 8.34. The molecule has 3 unspecified atom stereocenters. The molecule has 67 heavy (non-hydrogen) atoms. The van der Waals surface area contributed by atoms with E-state index in [0.717, 1.165) is 0 Å². The van der Waals surface area contributed by atoms with Gasteiger partial charge in [0.25, 0.3) is 0 Å². The minimum Gasteiger partial charge on any atom is -0.550 e. The monoisotopic (exact) mass is 1130 g/mol. The van der Waals surface area contributed by atoms with E-state index < -0.39 is 183 Å². The molecule has 4 radical (unpaired) electrons. The number of rotatable bonds is 30. The third kappa shape index (κ3) is 29.7. The average molecular weight is 1130 g/mol. The quantitative estimate of drug-likeness (QED) is 0.0238. The van der Waals surface area contributed by atoms with Crippen LogP contribution >= 0.6 is 0 Å². The van der Waals surface area contributed by atoms with Crippen molar-refractivity contribution in [1.82, 2.24) is 16.0 Å². The van der Waals surface area contributed by atoms with Crippen LogP contribution in [-0.4, -0.2) is 125 Å². The molecule has 15 N–H and O–H groups in total. The molecular weight excluding hydrogens is 1090 g/mol. The molecule has 0 aromatic heterocycles. The summed E-state index contributed by atoms with van der Waals surface area (Å²) < 4.78 is 0. The zero-order valence-corrected chi connectivity index (χ0v) is 38.1. The summed E-state index contributed by atoms with van der Waals surface area (Å²) in [6, 6.07) is 0. The predicted molar refractivity (Wildman–Crippen MR) is 167 cm³/mol. The molecule has 0 heterocycles. The predicted octanol–water partition coefficient (Wildman–Crippen LogP) is -23.7. The molecule has 0 aliphatic rings. The number of carboxylic acids is 12. The Bertz CT molecular complexity index is 1520. The number of carboxylic acid groups (broad SMARTS) is 12. The van der Waals surface area contributed by atoms with Gasteiger partial charge in [0.05, 0.1) is 51.5 Å². The van der Waals surface area contributed by atoms with Gasteiger partial charge in [0.1, 0.15) is 0 Å². The van der Waals surface area contributed by atoms with Crippen LogP contribution in [0.1, 0.15) is 57.8 Å². The zero-order chi connectivity index (χ0) is 50.5. The smallest absolute Gasteiger partial charge is 0.550 e. The van der Waals surface area contributed by atoms with Gasteiger partial charge in [-0.3, -0.25) is 16.0 Å². The van der Waals surface area contributed by atoms with E-state index in [1.165, 1.54) is 0 Å². The SMILES string of the molecule is NC(CC(=O)[O-])(CC(=O)[O-])C(N)(CC(=O)[O-])NCC(=O)[O-].NC(CC(=O)[O-])(CC(=O)[O-])C(N)(CC(=O)[O-])NCC(=O)[O-].NC(CC(=O)[O-])(CC(=O)[O-])C(N)(CC(=O)[O-])NCC(=O)[O-].[Fe+3].[Fe+3].[Fe+3].[Fe+3]. The van der Waals surface area contributed by atoms with Crippen LogP contribution in [0.2, 0.25) is 0 Å². The molecule has 0 rings (SSSR count). The molecule has 0 saturated carbocycles. The van der Waals surface area contributed by atoms with Gasteiger partial charge in [-0.15, -0.1) is 0 Å². The van der Waals surface area contributed by atoms with Crippen molar-refractivity contribution in [3.63, 3.8) is 0 Å². The fourth-order valence-electron chi connectivity index (χ4n) is 5.30. The normalized spacial score (nSPS) is 13.3. The number of nitrogens with one attached hydrogen (secondary N) is 3. The first kappa shape index (κ1) is 76.6. The Kier molecular flexibility index (Phi) is 37.7. The van der Waals surface area contributed by atoms with Gasteiger partial charge >= 0.3 is 68.3 Å². The van der Waals surface area contributed by atoms with Crippen molar-refractivity contribution in [1.29, 1.82) is 0 Å². The minimum atomic E-state index is -2.42. The molecule has 0 aromatic rings. The number of carbonyl (C=O) groups excluding carboxylic acids is 12. The molecule has 0 aliphatic carbocycles. The Morgan fingerprint density at radius 2 is 0.373 bits per heavy atom. The van der Waals surface area contributed by atoms with Crippen molar-refractivity contribution >= 4 is 71.6 Å². The summed E-state index contributed by atoms with van der Waals surface area (Å²) in [5, 5.41) is 133. The molecule has 0 bridgehead atoms. The standard InChI is InChI=1S/3C10H17N3O8.4Fe/c3*11-9(1-5(14)15,2-6(16)17)10(12,3-7(18)19)13-4-8(20)21;;;;/h3*13H,1-4,11-12H2,(H,14,15)(H,16,17)(H,18,19)(H,20,21);;;;/q;;;4*+3/p-12. The van der Waals surface area contributed by atoms with Gasteiger partial charge in [-0.2, -0.15) is 0 Å². The summed E-state index contributed by atoms with van der Waals surface area (Å²) in [6.45, 7) is -2.99. The molecule has 0 spiro atoms. The summed E-state index contributed by atoms with van der Waals surface area (Å²) >= 11 is 0. The summed E-state index contributed by atoms with van der Waals surface area (Å²) in [5.41, 5.74) is 19.0. The molecule has 0 fully saturated rings. The first-order valence-electron chi connectivity index (χ1n) is 16.6. The maximum absolute atomic E-state index is 10.7. The first-order chi connectivity index (χ1) is 28.2. The van der Waals surface area contributed by atoms with E-state index >= 15 is 0 Å². The fraction of sp³-hybridized carbons (Fsp3) is 0.600. The van der Waals surface area contributed by atoms with Crippen molar-refractivity contribution in [2.75, 3.05) is 19.6 Å². The second-order valence-corrected chi connectivity index (χ2v) is 13.5. The van der Waals surface area contributed by atoms with Crippen LogP contribution in [0.25, 0.3) is 0 Å².